The molecule has 0 spiro atoms. The zero-order valence-corrected chi connectivity index (χ0v) is 11.4. The second-order valence-electron chi connectivity index (χ2n) is 4.15. The van der Waals surface area contributed by atoms with E-state index in [1.54, 1.807) is 12.3 Å². The molecular weight excluding hydrogens is 264 g/mol. The van der Waals surface area contributed by atoms with Gasteiger partial charge in [-0.15, -0.1) is 11.3 Å². The summed E-state index contributed by atoms with van der Waals surface area (Å²) in [4.78, 5) is 16.1. The van der Waals surface area contributed by atoms with Crippen LogP contribution in [0.5, 0.6) is 0 Å². The van der Waals surface area contributed by atoms with Crippen molar-refractivity contribution >= 4 is 17.2 Å². The van der Waals surface area contributed by atoms with Crippen LogP contribution in [0, 0.1) is 0 Å². The van der Waals surface area contributed by atoms with Crippen LogP contribution in [-0.2, 0) is 11.2 Å². The zero-order valence-electron chi connectivity index (χ0n) is 10.6. The van der Waals surface area contributed by atoms with E-state index in [1.165, 1.54) is 11.3 Å². The number of carbonyl (C=O) groups is 1. The Morgan fingerprint density at radius 3 is 3.11 bits per heavy atom. The summed E-state index contributed by atoms with van der Waals surface area (Å²) < 4.78 is 5.25. The van der Waals surface area contributed by atoms with Gasteiger partial charge in [0.2, 0.25) is 5.91 Å². The summed E-state index contributed by atoms with van der Waals surface area (Å²) in [5.41, 5.74) is 0.710. The first kappa shape index (κ1) is 13.8. The Labute approximate surface area is 115 Å². The quantitative estimate of drug-likeness (QED) is 0.846. The third-order valence-electron chi connectivity index (χ3n) is 2.70. The maximum absolute atomic E-state index is 11.8. The van der Waals surface area contributed by atoms with Crippen molar-refractivity contribution in [3.63, 3.8) is 0 Å². The fourth-order valence-electron chi connectivity index (χ4n) is 1.62. The molecule has 5 nitrogen and oxygen atoms in total. The Morgan fingerprint density at radius 2 is 2.47 bits per heavy atom. The van der Waals surface area contributed by atoms with Crippen LogP contribution in [0.3, 0.4) is 0 Å². The fraction of sp³-hybridized carbons (Fsp3) is 0.385. The summed E-state index contributed by atoms with van der Waals surface area (Å²) in [6.07, 6.45) is 2.51. The molecule has 2 N–H and O–H groups in total. The van der Waals surface area contributed by atoms with E-state index < -0.39 is 0 Å². The third kappa shape index (κ3) is 3.65. The largest absolute Gasteiger partial charge is 0.462 e. The topological polar surface area (TPSA) is 75.4 Å². The molecule has 2 heterocycles. The number of nitrogens with one attached hydrogen (secondary N) is 1. The molecule has 0 fully saturated rings. The van der Waals surface area contributed by atoms with Gasteiger partial charge in [0.1, 0.15) is 0 Å². The van der Waals surface area contributed by atoms with E-state index in [-0.39, 0.29) is 25.0 Å². The molecule has 0 bridgehead atoms. The molecule has 0 saturated carbocycles. The van der Waals surface area contributed by atoms with Crippen LogP contribution >= 0.6 is 11.3 Å². The predicted molar refractivity (Wildman–Crippen MR) is 72.8 cm³/mol. The lowest BCUT2D eigenvalue weighted by molar-refractivity contribution is -0.121. The van der Waals surface area contributed by atoms with Gasteiger partial charge in [-0.1, -0.05) is 6.92 Å². The van der Waals surface area contributed by atoms with Gasteiger partial charge in [-0.25, -0.2) is 4.98 Å². The Kier molecular flexibility index (Phi) is 4.70. The number of hydrogen-bond acceptors (Lipinski definition) is 5. The van der Waals surface area contributed by atoms with Gasteiger partial charge >= 0.3 is 0 Å². The van der Waals surface area contributed by atoms with E-state index in [0.29, 0.717) is 17.9 Å². The van der Waals surface area contributed by atoms with Crippen LogP contribution < -0.4 is 5.32 Å². The van der Waals surface area contributed by atoms with Crippen molar-refractivity contribution in [3.8, 4) is 10.8 Å². The van der Waals surface area contributed by atoms with Crippen molar-refractivity contribution in [2.24, 2.45) is 0 Å². The number of rotatable bonds is 6. The van der Waals surface area contributed by atoms with Gasteiger partial charge in [-0.2, -0.15) is 0 Å². The van der Waals surface area contributed by atoms with Crippen molar-refractivity contribution < 1.29 is 14.3 Å². The molecule has 2 aromatic heterocycles. The molecule has 2 aromatic rings. The van der Waals surface area contributed by atoms with Crippen molar-refractivity contribution in [2.75, 3.05) is 6.61 Å². The molecule has 1 amide bonds. The minimum absolute atomic E-state index is 0.0447. The highest BCUT2D eigenvalue weighted by molar-refractivity contribution is 7.13. The maximum Gasteiger partial charge on any atom is 0.226 e. The van der Waals surface area contributed by atoms with Gasteiger partial charge in [-0.3, -0.25) is 4.79 Å². The van der Waals surface area contributed by atoms with Crippen LogP contribution in [0.4, 0.5) is 0 Å². The number of aromatic nitrogens is 1. The second kappa shape index (κ2) is 6.49. The molecular formula is C13H16N2O3S. The number of aliphatic hydroxyl groups is 1. The lowest BCUT2D eigenvalue weighted by Crippen LogP contribution is -2.37. The molecule has 6 heteroatoms. The number of hydrogen-bond donors (Lipinski definition) is 2. The summed E-state index contributed by atoms with van der Waals surface area (Å²) in [7, 11) is 0. The molecule has 0 aliphatic rings. The average molecular weight is 280 g/mol. The molecule has 0 saturated heterocycles. The monoisotopic (exact) mass is 280 g/mol. The first-order valence-corrected chi connectivity index (χ1v) is 6.99. The van der Waals surface area contributed by atoms with Crippen LogP contribution in [0.2, 0.25) is 0 Å². The minimum Gasteiger partial charge on any atom is -0.462 e. The molecule has 2 rings (SSSR count). The van der Waals surface area contributed by atoms with Gasteiger partial charge < -0.3 is 14.8 Å². The molecule has 19 heavy (non-hydrogen) atoms. The van der Waals surface area contributed by atoms with E-state index in [9.17, 15) is 4.79 Å². The highest BCUT2D eigenvalue weighted by Crippen LogP contribution is 2.23. The van der Waals surface area contributed by atoms with Crippen molar-refractivity contribution in [2.45, 2.75) is 25.8 Å². The summed E-state index contributed by atoms with van der Waals surface area (Å²) in [6.45, 7) is 1.87. The van der Waals surface area contributed by atoms with Gasteiger partial charge in [0.25, 0.3) is 0 Å². The number of amides is 1. The van der Waals surface area contributed by atoms with E-state index in [2.05, 4.69) is 10.3 Å². The van der Waals surface area contributed by atoms with E-state index >= 15 is 0 Å². The number of carbonyl (C=O) groups excluding carboxylic acids is 1. The van der Waals surface area contributed by atoms with E-state index in [0.717, 1.165) is 5.01 Å². The zero-order chi connectivity index (χ0) is 13.7. The highest BCUT2D eigenvalue weighted by Gasteiger charge is 2.13. The van der Waals surface area contributed by atoms with Crippen molar-refractivity contribution in [1.82, 2.24) is 10.3 Å². The average Bonchev–Trinajstić information content (AvgIpc) is 3.06. The second-order valence-corrected chi connectivity index (χ2v) is 5.01. The lowest BCUT2D eigenvalue weighted by atomic mass is 10.2. The Bertz CT molecular complexity index is 518. The number of furan rings is 1. The molecule has 0 aromatic carbocycles. The molecule has 0 aliphatic heterocycles. The summed E-state index contributed by atoms with van der Waals surface area (Å²) in [5.74, 6) is 0.579. The number of nitrogens with zero attached hydrogens (tertiary/aromatic N) is 1. The molecule has 102 valence electrons. The van der Waals surface area contributed by atoms with Gasteiger partial charge in [0.15, 0.2) is 10.8 Å². The lowest BCUT2D eigenvalue weighted by Gasteiger charge is -2.13. The Balaban J connectivity index is 1.95. The smallest absolute Gasteiger partial charge is 0.226 e. The first-order valence-electron chi connectivity index (χ1n) is 6.11. The maximum atomic E-state index is 11.8. The standard InChI is InChI=1S/C13H16N2O3S/c1-2-9(7-16)14-12(17)6-10-8-19-13(15-10)11-4-3-5-18-11/h3-5,8-9,16H,2,6-7H2,1H3,(H,14,17)/t9-/m1/s1. The van der Waals surface area contributed by atoms with E-state index in [1.807, 2.05) is 18.4 Å². The van der Waals surface area contributed by atoms with E-state index in [4.69, 9.17) is 9.52 Å². The third-order valence-corrected chi connectivity index (χ3v) is 3.61. The molecule has 0 aliphatic carbocycles. The van der Waals surface area contributed by atoms with Crippen LogP contribution in [-0.4, -0.2) is 28.6 Å². The first-order chi connectivity index (χ1) is 9.22. The van der Waals surface area contributed by atoms with Crippen LogP contribution in [0.1, 0.15) is 19.0 Å². The van der Waals surface area contributed by atoms with Gasteiger partial charge in [0, 0.05) is 5.38 Å². The minimum atomic E-state index is -0.185. The Morgan fingerprint density at radius 1 is 1.63 bits per heavy atom. The summed E-state index contributed by atoms with van der Waals surface area (Å²) >= 11 is 1.45. The normalized spacial score (nSPS) is 12.3. The van der Waals surface area contributed by atoms with Crippen LogP contribution in [0.25, 0.3) is 10.8 Å². The predicted octanol–water partition coefficient (Wildman–Crippen LogP) is 1.83. The highest BCUT2D eigenvalue weighted by atomic mass is 32.1. The molecule has 1 atom stereocenters. The summed E-state index contributed by atoms with van der Waals surface area (Å²) in [5, 5.41) is 14.4. The number of thiazole rings is 1. The number of aliphatic hydroxyl groups excluding tert-OH is 1. The molecule has 0 unspecified atom stereocenters. The molecule has 0 radical (unpaired) electrons. The Hall–Kier alpha value is -1.66. The van der Waals surface area contributed by atoms with Crippen molar-refractivity contribution in [1.29, 1.82) is 0 Å². The SMILES string of the molecule is CC[C@H](CO)NC(=O)Cc1csc(-c2ccco2)n1. The van der Waals surface area contributed by atoms with Gasteiger partial charge in [-0.05, 0) is 18.6 Å². The van der Waals surface area contributed by atoms with Crippen molar-refractivity contribution in [3.05, 3.63) is 29.5 Å². The van der Waals surface area contributed by atoms with Crippen LogP contribution in [0.15, 0.2) is 28.2 Å². The summed E-state index contributed by atoms with van der Waals surface area (Å²) in [6, 6.07) is 3.45. The van der Waals surface area contributed by atoms with Gasteiger partial charge in [0.05, 0.1) is 31.0 Å². The fourth-order valence-corrected chi connectivity index (χ4v) is 2.41.